The predicted molar refractivity (Wildman–Crippen MR) is 232 cm³/mol. The normalized spacial score (nSPS) is 18.6. The highest BCUT2D eigenvalue weighted by molar-refractivity contribution is 6.76. The van der Waals surface area contributed by atoms with Crippen LogP contribution in [0.4, 0.5) is 10.6 Å². The van der Waals surface area contributed by atoms with Gasteiger partial charge >= 0.3 is 6.09 Å². The Morgan fingerprint density at radius 2 is 1.61 bits per heavy atom. The van der Waals surface area contributed by atoms with Gasteiger partial charge in [0.05, 0.1) is 35.4 Å². The Balaban J connectivity index is 1.48. The number of rotatable bonds is 17. The largest absolute Gasteiger partial charge is 0.494 e. The van der Waals surface area contributed by atoms with E-state index in [0.29, 0.717) is 44.7 Å². The summed E-state index contributed by atoms with van der Waals surface area (Å²) in [6, 6.07) is 8.08. The number of nitrogens with one attached hydrogen (secondary N) is 1. The van der Waals surface area contributed by atoms with E-state index in [0.717, 1.165) is 77.4 Å². The van der Waals surface area contributed by atoms with Crippen molar-refractivity contribution < 1.29 is 23.7 Å². The average molecular weight is 817 g/mol. The molecule has 0 spiro atoms. The van der Waals surface area contributed by atoms with Crippen molar-refractivity contribution in [2.45, 2.75) is 128 Å². The zero-order chi connectivity index (χ0) is 41.1. The number of anilines is 1. The molecule has 310 valence electrons. The molecule has 1 N–H and O–H groups in total. The Labute approximate surface area is 340 Å². The van der Waals surface area contributed by atoms with Gasteiger partial charge in [-0.1, -0.05) is 51.9 Å². The molecular formula is C42H64N8O5Si2. The summed E-state index contributed by atoms with van der Waals surface area (Å²) in [4.78, 5) is 28.0. The molecule has 0 aliphatic carbocycles. The van der Waals surface area contributed by atoms with Crippen molar-refractivity contribution in [1.82, 2.24) is 34.7 Å². The highest BCUT2D eigenvalue weighted by Gasteiger charge is 2.46. The second-order valence-corrected chi connectivity index (χ2v) is 30.2. The van der Waals surface area contributed by atoms with E-state index in [1.165, 1.54) is 0 Å². The second-order valence-electron chi connectivity index (χ2n) is 18.9. The lowest BCUT2D eigenvalue weighted by atomic mass is 9.85. The van der Waals surface area contributed by atoms with Gasteiger partial charge in [-0.15, -0.1) is 0 Å². The summed E-state index contributed by atoms with van der Waals surface area (Å²) in [5.74, 6) is 1.31. The number of ether oxygens (including phenoxy) is 4. The number of aromatic nitrogens is 6. The van der Waals surface area contributed by atoms with Crippen molar-refractivity contribution in [2.75, 3.05) is 38.2 Å². The van der Waals surface area contributed by atoms with Crippen molar-refractivity contribution in [3.8, 4) is 22.5 Å². The van der Waals surface area contributed by atoms with Gasteiger partial charge in [0.2, 0.25) is 0 Å². The van der Waals surface area contributed by atoms with Crippen LogP contribution in [-0.2, 0) is 18.9 Å². The zero-order valence-electron chi connectivity index (χ0n) is 35.9. The Morgan fingerprint density at radius 3 is 2.14 bits per heavy atom. The third kappa shape index (κ3) is 10.5. The monoisotopic (exact) mass is 816 g/mol. The fourth-order valence-electron chi connectivity index (χ4n) is 7.69. The minimum atomic E-state index is -1.35. The molecule has 0 saturated carbocycles. The van der Waals surface area contributed by atoms with Gasteiger partial charge in [0.15, 0.2) is 5.65 Å². The quantitative estimate of drug-likeness (QED) is 0.0476. The molecule has 1 unspecified atom stereocenters. The van der Waals surface area contributed by atoms with E-state index >= 15 is 0 Å². The Bertz CT molecular complexity index is 1950. The number of amides is 1. The number of pyridine rings is 1. The maximum absolute atomic E-state index is 13.5. The summed E-state index contributed by atoms with van der Waals surface area (Å²) in [6.07, 6.45) is 8.53. The number of hydrogen-bond acceptors (Lipinski definition) is 10. The minimum absolute atomic E-state index is 0.0169. The van der Waals surface area contributed by atoms with Crippen molar-refractivity contribution >= 4 is 39.5 Å². The average Bonchev–Trinajstić information content (AvgIpc) is 3.87. The van der Waals surface area contributed by atoms with Crippen LogP contribution >= 0.6 is 0 Å². The van der Waals surface area contributed by atoms with Crippen LogP contribution < -0.4 is 4.90 Å². The number of fused-ring (bicyclic) bond motifs is 3. The van der Waals surface area contributed by atoms with E-state index in [2.05, 4.69) is 61.0 Å². The summed E-state index contributed by atoms with van der Waals surface area (Å²) in [6.45, 7) is 28.7. The van der Waals surface area contributed by atoms with E-state index < -0.39 is 21.7 Å². The maximum atomic E-state index is 13.5. The molecule has 57 heavy (non-hydrogen) atoms. The van der Waals surface area contributed by atoms with Crippen LogP contribution in [-0.4, -0.2) is 108 Å². The lowest BCUT2D eigenvalue weighted by molar-refractivity contribution is 0.00566. The van der Waals surface area contributed by atoms with E-state index in [9.17, 15) is 4.79 Å². The van der Waals surface area contributed by atoms with Crippen LogP contribution in [0.1, 0.15) is 70.6 Å². The molecule has 13 nitrogen and oxygen atoms in total. The second kappa shape index (κ2) is 17.4. The van der Waals surface area contributed by atoms with Gasteiger partial charge in [0, 0.05) is 70.9 Å². The molecule has 1 amide bonds. The lowest BCUT2D eigenvalue weighted by Gasteiger charge is -2.40. The molecule has 4 aromatic heterocycles. The Kier molecular flexibility index (Phi) is 13.0. The number of H-pyrrole nitrogens is 1. The first-order chi connectivity index (χ1) is 26.9. The lowest BCUT2D eigenvalue weighted by Crippen LogP contribution is -2.48. The number of hydrogen-bond donors (Lipinski definition) is 1. The van der Waals surface area contributed by atoms with Gasteiger partial charge < -0.3 is 28.7 Å². The molecule has 2 saturated heterocycles. The standard InChI is InChI=1S/C42H64N8O5Si2/c1-12-54-29(2)37-38(31-23-32-14-15-33(24-31)49(32)41(51)55-42(3,4)5)46-39-34(30-13-16-35(43-25-30)36-17-18-44-47-36)26-45-50(39)40(37)48(27-52-19-21-56(6,7)8)28-53-20-22-57(9,10)11/h13,16-18,25-26,31-33H,2,12,14-15,19-24,27-28H2,1,3-11H3,(H,44,47)/t31?,32-,33+. The molecule has 2 aliphatic heterocycles. The number of nitrogens with zero attached hydrogens (tertiary/aromatic N) is 7. The fourth-order valence-corrected chi connectivity index (χ4v) is 9.20. The summed E-state index contributed by atoms with van der Waals surface area (Å²) < 4.78 is 27.1. The van der Waals surface area contributed by atoms with E-state index in [1.807, 2.05) is 67.7 Å². The first kappa shape index (κ1) is 42.5. The van der Waals surface area contributed by atoms with Gasteiger partial charge in [-0.25, -0.2) is 9.78 Å². The van der Waals surface area contributed by atoms with E-state index in [1.54, 1.807) is 6.20 Å². The Morgan fingerprint density at radius 1 is 0.965 bits per heavy atom. The molecular weight excluding hydrogens is 753 g/mol. The maximum Gasteiger partial charge on any atom is 0.410 e. The third-order valence-corrected chi connectivity index (χ3v) is 14.0. The minimum Gasteiger partial charge on any atom is -0.494 e. The van der Waals surface area contributed by atoms with Gasteiger partial charge in [0.25, 0.3) is 0 Å². The SMILES string of the molecule is C=C(OCC)c1c(C2C[C@H]3CC[C@@H](C2)N3C(=O)OC(C)(C)C)nc2c(-c3ccc(-c4ccn[nH]4)nc3)cnn2c1N(COCC[Si](C)(C)C)COCC[Si](C)(C)C. The van der Waals surface area contributed by atoms with Gasteiger partial charge in [-0.2, -0.15) is 14.7 Å². The summed E-state index contributed by atoms with van der Waals surface area (Å²) in [5, 5.41) is 12.1. The van der Waals surface area contributed by atoms with Crippen molar-refractivity contribution in [1.29, 1.82) is 0 Å². The Hall–Kier alpha value is -4.06. The number of aromatic amines is 1. The fraction of sp³-hybridized carbons (Fsp3) is 0.595. The molecule has 2 aliphatic rings. The van der Waals surface area contributed by atoms with Crippen LogP contribution in [0.15, 0.2) is 43.4 Å². The molecule has 3 atom stereocenters. The van der Waals surface area contributed by atoms with E-state index in [4.69, 9.17) is 34.0 Å². The molecule has 15 heteroatoms. The van der Waals surface area contributed by atoms with Crippen molar-refractivity contribution in [3.63, 3.8) is 0 Å². The molecule has 4 aromatic rings. The van der Waals surface area contributed by atoms with Gasteiger partial charge in [-0.05, 0) is 77.6 Å². The summed E-state index contributed by atoms with van der Waals surface area (Å²) in [7, 11) is -2.69. The predicted octanol–water partition coefficient (Wildman–Crippen LogP) is 9.27. The van der Waals surface area contributed by atoms with Crippen molar-refractivity contribution in [3.05, 3.63) is 54.6 Å². The third-order valence-electron chi connectivity index (χ3n) is 10.6. The first-order valence-corrected chi connectivity index (χ1v) is 28.0. The molecule has 0 aromatic carbocycles. The summed E-state index contributed by atoms with van der Waals surface area (Å²) >= 11 is 0. The van der Waals surface area contributed by atoms with Gasteiger partial charge in [0.1, 0.15) is 30.6 Å². The molecule has 0 radical (unpaired) electrons. The van der Waals surface area contributed by atoms with Crippen LogP contribution in [0, 0.1) is 0 Å². The highest BCUT2D eigenvalue weighted by atomic mass is 28.3. The smallest absolute Gasteiger partial charge is 0.410 e. The van der Waals surface area contributed by atoms with E-state index in [-0.39, 0.29) is 24.1 Å². The number of carbonyl (C=O) groups is 1. The summed E-state index contributed by atoms with van der Waals surface area (Å²) in [5.41, 5.74) is 5.18. The molecule has 2 fully saturated rings. The van der Waals surface area contributed by atoms with Gasteiger partial charge in [-0.3, -0.25) is 10.1 Å². The topological polar surface area (TPSA) is 132 Å². The van der Waals surface area contributed by atoms with Crippen molar-refractivity contribution in [2.24, 2.45) is 0 Å². The molecule has 6 heterocycles. The van der Waals surface area contributed by atoms with Crippen LogP contribution in [0.3, 0.4) is 0 Å². The first-order valence-electron chi connectivity index (χ1n) is 20.5. The highest BCUT2D eigenvalue weighted by Crippen LogP contribution is 2.47. The van der Waals surface area contributed by atoms with Crippen LogP contribution in [0.2, 0.25) is 51.4 Å². The molecule has 6 rings (SSSR count). The number of piperidine rings is 1. The molecule has 2 bridgehead atoms. The number of carbonyl (C=O) groups excluding carboxylic acids is 1. The van der Waals surface area contributed by atoms with Crippen LogP contribution in [0.25, 0.3) is 33.9 Å². The zero-order valence-corrected chi connectivity index (χ0v) is 37.9. The van der Waals surface area contributed by atoms with Crippen LogP contribution in [0.5, 0.6) is 0 Å².